The third-order valence-electron chi connectivity index (χ3n) is 3.01. The molecule has 0 spiro atoms. The lowest BCUT2D eigenvalue weighted by Gasteiger charge is -2.10. The Morgan fingerprint density at radius 2 is 2.04 bits per heavy atom. The van der Waals surface area contributed by atoms with Crippen LogP contribution in [-0.4, -0.2) is 17.5 Å². The molecule has 0 radical (unpaired) electrons. The predicted octanol–water partition coefficient (Wildman–Crippen LogP) is 4.46. The molecular formula is C17H18BrClN2O2. The van der Waals surface area contributed by atoms with Crippen LogP contribution in [0, 0.1) is 5.92 Å². The van der Waals surface area contributed by atoms with Crippen molar-refractivity contribution < 1.29 is 9.53 Å². The van der Waals surface area contributed by atoms with Gasteiger partial charge in [0, 0.05) is 17.2 Å². The minimum Gasteiger partial charge on any atom is -0.493 e. The fourth-order valence-electron chi connectivity index (χ4n) is 1.83. The van der Waals surface area contributed by atoms with Crippen LogP contribution < -0.4 is 10.1 Å². The van der Waals surface area contributed by atoms with Crippen molar-refractivity contribution in [2.75, 3.05) is 6.61 Å². The Hall–Kier alpha value is -1.59. The molecule has 4 nitrogen and oxygen atoms in total. The van der Waals surface area contributed by atoms with Crippen LogP contribution in [0.3, 0.4) is 0 Å². The average molecular weight is 398 g/mol. The van der Waals surface area contributed by atoms with Crippen molar-refractivity contribution in [1.29, 1.82) is 0 Å². The highest BCUT2D eigenvalue weighted by atomic mass is 79.9. The Morgan fingerprint density at radius 3 is 2.70 bits per heavy atom. The normalized spacial score (nSPS) is 10.7. The van der Waals surface area contributed by atoms with Crippen LogP contribution in [0.5, 0.6) is 5.75 Å². The quantitative estimate of drug-likeness (QED) is 0.732. The van der Waals surface area contributed by atoms with Crippen LogP contribution in [0.25, 0.3) is 0 Å². The number of carbonyl (C=O) groups excluding carboxylic acids is 1. The summed E-state index contributed by atoms with van der Waals surface area (Å²) in [6.07, 6.45) is 1.55. The Bertz CT molecular complexity index is 675. The molecule has 0 aliphatic rings. The number of benzene rings is 1. The van der Waals surface area contributed by atoms with Crippen molar-refractivity contribution in [2.24, 2.45) is 5.92 Å². The van der Waals surface area contributed by atoms with Gasteiger partial charge < -0.3 is 10.1 Å². The van der Waals surface area contributed by atoms with E-state index in [-0.39, 0.29) is 11.1 Å². The first-order valence-corrected chi connectivity index (χ1v) is 8.44. The largest absolute Gasteiger partial charge is 0.493 e. The zero-order valence-corrected chi connectivity index (χ0v) is 15.3. The summed E-state index contributed by atoms with van der Waals surface area (Å²) in [4.78, 5) is 16.1. The Labute approximate surface area is 149 Å². The summed E-state index contributed by atoms with van der Waals surface area (Å²) in [5.74, 6) is 1.05. The first kappa shape index (κ1) is 17.8. The van der Waals surface area contributed by atoms with Gasteiger partial charge in [0.25, 0.3) is 5.91 Å². The molecule has 2 aromatic rings. The third kappa shape index (κ3) is 5.52. The van der Waals surface area contributed by atoms with E-state index in [0.29, 0.717) is 29.1 Å². The van der Waals surface area contributed by atoms with E-state index in [1.807, 2.05) is 24.3 Å². The molecule has 0 bridgehead atoms. The van der Waals surface area contributed by atoms with Crippen LogP contribution >= 0.6 is 27.5 Å². The van der Waals surface area contributed by atoms with Gasteiger partial charge in [-0.2, -0.15) is 0 Å². The molecule has 1 aromatic carbocycles. The third-order valence-corrected chi connectivity index (χ3v) is 3.74. The van der Waals surface area contributed by atoms with E-state index >= 15 is 0 Å². The van der Waals surface area contributed by atoms with E-state index < -0.39 is 0 Å². The number of carbonyl (C=O) groups is 1. The predicted molar refractivity (Wildman–Crippen MR) is 94.9 cm³/mol. The summed E-state index contributed by atoms with van der Waals surface area (Å²) in [5, 5.41) is 3.01. The summed E-state index contributed by atoms with van der Waals surface area (Å²) in [6.45, 7) is 5.30. The maximum absolute atomic E-state index is 12.2. The number of hydrogen-bond donors (Lipinski definition) is 1. The van der Waals surface area contributed by atoms with Crippen molar-refractivity contribution in [1.82, 2.24) is 10.3 Å². The van der Waals surface area contributed by atoms with Gasteiger partial charge in [-0.3, -0.25) is 4.79 Å². The Kier molecular flexibility index (Phi) is 6.42. The molecule has 1 amide bonds. The Morgan fingerprint density at radius 1 is 1.35 bits per heavy atom. The molecule has 1 aromatic heterocycles. The number of pyridine rings is 1. The molecule has 0 unspecified atom stereocenters. The molecule has 6 heteroatoms. The molecule has 122 valence electrons. The van der Waals surface area contributed by atoms with Gasteiger partial charge in [-0.25, -0.2) is 4.98 Å². The SMILES string of the molecule is CC(C)COc1ccc(CNC(=O)c2cc(Br)cnc2Cl)cc1. The van der Waals surface area contributed by atoms with Gasteiger partial charge in [0.2, 0.25) is 0 Å². The van der Waals surface area contributed by atoms with Gasteiger partial charge in [-0.05, 0) is 45.6 Å². The minimum atomic E-state index is -0.260. The van der Waals surface area contributed by atoms with E-state index in [0.717, 1.165) is 11.3 Å². The molecule has 0 fully saturated rings. The molecule has 0 aliphatic carbocycles. The van der Waals surface area contributed by atoms with Gasteiger partial charge >= 0.3 is 0 Å². The van der Waals surface area contributed by atoms with Crippen molar-refractivity contribution in [3.63, 3.8) is 0 Å². The number of aromatic nitrogens is 1. The van der Waals surface area contributed by atoms with Gasteiger partial charge in [-0.1, -0.05) is 37.6 Å². The number of nitrogens with zero attached hydrogens (tertiary/aromatic N) is 1. The highest BCUT2D eigenvalue weighted by Crippen LogP contribution is 2.18. The number of ether oxygens (including phenoxy) is 1. The first-order chi connectivity index (χ1) is 11.0. The lowest BCUT2D eigenvalue weighted by molar-refractivity contribution is 0.0950. The molecule has 1 heterocycles. The van der Waals surface area contributed by atoms with Crippen LogP contribution in [-0.2, 0) is 6.54 Å². The number of halogens is 2. The Balaban J connectivity index is 1.92. The standard InChI is InChI=1S/C17H18BrClN2O2/c1-11(2)10-23-14-5-3-12(4-6-14)8-21-17(22)15-7-13(18)9-20-16(15)19/h3-7,9,11H,8,10H2,1-2H3,(H,21,22). The molecule has 2 rings (SSSR count). The van der Waals surface area contributed by atoms with Crippen LogP contribution in [0.1, 0.15) is 29.8 Å². The second-order valence-corrected chi connectivity index (χ2v) is 6.80. The van der Waals surface area contributed by atoms with Crippen LogP contribution in [0.4, 0.5) is 0 Å². The maximum Gasteiger partial charge on any atom is 0.254 e. The van der Waals surface area contributed by atoms with Gasteiger partial charge in [0.15, 0.2) is 0 Å². The highest BCUT2D eigenvalue weighted by Gasteiger charge is 2.11. The van der Waals surface area contributed by atoms with Crippen molar-refractivity contribution in [3.8, 4) is 5.75 Å². The molecule has 1 N–H and O–H groups in total. The number of rotatable bonds is 6. The minimum absolute atomic E-state index is 0.183. The number of hydrogen-bond acceptors (Lipinski definition) is 3. The van der Waals surface area contributed by atoms with Crippen LogP contribution in [0.2, 0.25) is 5.15 Å². The fourth-order valence-corrected chi connectivity index (χ4v) is 2.35. The van der Waals surface area contributed by atoms with Crippen molar-refractivity contribution in [2.45, 2.75) is 20.4 Å². The van der Waals surface area contributed by atoms with E-state index in [9.17, 15) is 4.79 Å². The van der Waals surface area contributed by atoms with E-state index in [1.54, 1.807) is 12.3 Å². The monoisotopic (exact) mass is 396 g/mol. The van der Waals surface area contributed by atoms with E-state index in [1.165, 1.54) is 0 Å². The molecule has 23 heavy (non-hydrogen) atoms. The molecule has 0 aliphatic heterocycles. The van der Waals surface area contributed by atoms with E-state index in [2.05, 4.69) is 40.1 Å². The lowest BCUT2D eigenvalue weighted by Crippen LogP contribution is -2.23. The second kappa shape index (κ2) is 8.31. The van der Waals surface area contributed by atoms with E-state index in [4.69, 9.17) is 16.3 Å². The maximum atomic E-state index is 12.2. The summed E-state index contributed by atoms with van der Waals surface area (Å²) in [6, 6.07) is 9.30. The smallest absolute Gasteiger partial charge is 0.254 e. The number of nitrogens with one attached hydrogen (secondary N) is 1. The van der Waals surface area contributed by atoms with Crippen molar-refractivity contribution >= 4 is 33.4 Å². The molecule has 0 saturated carbocycles. The van der Waals surface area contributed by atoms with Gasteiger partial charge in [0.05, 0.1) is 12.2 Å². The average Bonchev–Trinajstić information content (AvgIpc) is 2.53. The van der Waals surface area contributed by atoms with Crippen molar-refractivity contribution in [3.05, 3.63) is 57.3 Å². The lowest BCUT2D eigenvalue weighted by atomic mass is 10.2. The van der Waals surface area contributed by atoms with Crippen LogP contribution in [0.15, 0.2) is 41.0 Å². The molecular weight excluding hydrogens is 380 g/mol. The molecule has 0 atom stereocenters. The summed E-state index contributed by atoms with van der Waals surface area (Å²) < 4.78 is 6.34. The summed E-state index contributed by atoms with van der Waals surface area (Å²) >= 11 is 9.22. The molecule has 0 saturated heterocycles. The van der Waals surface area contributed by atoms with Gasteiger partial charge in [-0.15, -0.1) is 0 Å². The van der Waals surface area contributed by atoms with Gasteiger partial charge in [0.1, 0.15) is 10.9 Å². The fraction of sp³-hybridized carbons (Fsp3) is 0.294. The second-order valence-electron chi connectivity index (χ2n) is 5.52. The topological polar surface area (TPSA) is 51.2 Å². The number of amides is 1. The first-order valence-electron chi connectivity index (χ1n) is 7.26. The highest BCUT2D eigenvalue weighted by molar-refractivity contribution is 9.10. The zero-order valence-electron chi connectivity index (χ0n) is 13.0. The summed E-state index contributed by atoms with van der Waals surface area (Å²) in [5.41, 5.74) is 1.33. The summed E-state index contributed by atoms with van der Waals surface area (Å²) in [7, 11) is 0. The zero-order chi connectivity index (χ0) is 16.8.